The van der Waals surface area contributed by atoms with E-state index in [9.17, 15) is 14.4 Å². The van der Waals surface area contributed by atoms with E-state index < -0.39 is 11.8 Å². The molecule has 6 nitrogen and oxygen atoms in total. The summed E-state index contributed by atoms with van der Waals surface area (Å²) in [7, 11) is 0. The van der Waals surface area contributed by atoms with Gasteiger partial charge in [0.25, 0.3) is 17.7 Å². The predicted molar refractivity (Wildman–Crippen MR) is 122 cm³/mol. The number of fused-ring (bicyclic) bond motifs is 1. The molecule has 2 aromatic carbocycles. The third-order valence-corrected chi connectivity index (χ3v) is 6.18. The van der Waals surface area contributed by atoms with Crippen molar-refractivity contribution in [3.63, 3.8) is 0 Å². The Labute approximate surface area is 195 Å². The maximum atomic E-state index is 13.0. The van der Waals surface area contributed by atoms with Crippen LogP contribution in [0.4, 0.5) is 0 Å². The van der Waals surface area contributed by atoms with Gasteiger partial charge in [0.2, 0.25) is 0 Å². The summed E-state index contributed by atoms with van der Waals surface area (Å²) in [5.74, 6) is -1.14. The lowest BCUT2D eigenvalue weighted by Crippen LogP contribution is -2.29. The summed E-state index contributed by atoms with van der Waals surface area (Å²) in [5.41, 5.74) is 1.77. The lowest BCUT2D eigenvalue weighted by Gasteiger charge is -2.14. The highest BCUT2D eigenvalue weighted by Crippen LogP contribution is 2.31. The van der Waals surface area contributed by atoms with Crippen molar-refractivity contribution in [2.24, 2.45) is 0 Å². The van der Waals surface area contributed by atoms with Crippen molar-refractivity contribution in [2.45, 2.75) is 11.4 Å². The molecule has 3 amide bonds. The highest BCUT2D eigenvalue weighted by molar-refractivity contribution is 14.1. The average molecular weight is 550 g/mol. The van der Waals surface area contributed by atoms with Crippen LogP contribution >= 0.6 is 46.1 Å². The van der Waals surface area contributed by atoms with E-state index in [-0.39, 0.29) is 23.6 Å². The van der Waals surface area contributed by atoms with Gasteiger partial charge in [-0.3, -0.25) is 29.0 Å². The van der Waals surface area contributed by atoms with Crippen LogP contribution in [-0.2, 0) is 6.54 Å². The van der Waals surface area contributed by atoms with Crippen LogP contribution in [0.25, 0.3) is 0 Å². The summed E-state index contributed by atoms with van der Waals surface area (Å²) in [6.07, 6.45) is 2.85. The van der Waals surface area contributed by atoms with Gasteiger partial charge in [0.15, 0.2) is 0 Å². The first kappa shape index (κ1) is 20.8. The zero-order chi connectivity index (χ0) is 21.3. The number of hydrogen-bond acceptors (Lipinski definition) is 5. The smallest absolute Gasteiger partial charge is 0.263 e. The standard InChI is InChI=1S/C21H13ClIN3O3S/c22-14-6-4-13(5-7-14)19(27)25-30-17-10-24-9-16-18(17)21(29)26(20(16)28)11-12-2-1-3-15(23)8-12/h1-10H,11H2,(H,25,27). The van der Waals surface area contributed by atoms with E-state index in [4.69, 9.17) is 11.6 Å². The van der Waals surface area contributed by atoms with Gasteiger partial charge in [0.05, 0.1) is 22.6 Å². The number of nitrogens with one attached hydrogen (secondary N) is 1. The molecule has 0 atom stereocenters. The Morgan fingerprint density at radius 1 is 1.10 bits per heavy atom. The van der Waals surface area contributed by atoms with E-state index in [1.54, 1.807) is 24.3 Å². The van der Waals surface area contributed by atoms with Gasteiger partial charge in [-0.25, -0.2) is 0 Å². The average Bonchev–Trinajstić information content (AvgIpc) is 2.98. The van der Waals surface area contributed by atoms with Gasteiger partial charge >= 0.3 is 0 Å². The maximum Gasteiger partial charge on any atom is 0.263 e. The molecule has 9 heteroatoms. The molecule has 1 aliphatic rings. The first-order chi connectivity index (χ1) is 14.4. The minimum Gasteiger partial charge on any atom is -0.292 e. The molecular formula is C21H13ClIN3O3S. The second kappa shape index (κ2) is 8.75. The molecule has 2 heterocycles. The van der Waals surface area contributed by atoms with E-state index in [0.29, 0.717) is 15.5 Å². The first-order valence-corrected chi connectivity index (χ1v) is 11.0. The van der Waals surface area contributed by atoms with Crippen molar-refractivity contribution in [1.29, 1.82) is 0 Å². The van der Waals surface area contributed by atoms with Gasteiger partial charge in [-0.1, -0.05) is 23.7 Å². The predicted octanol–water partition coefficient (Wildman–Crippen LogP) is 4.57. The third kappa shape index (κ3) is 4.21. The lowest BCUT2D eigenvalue weighted by atomic mass is 10.2. The fourth-order valence-electron chi connectivity index (χ4n) is 3.00. The van der Waals surface area contributed by atoms with E-state index in [1.807, 2.05) is 24.3 Å². The maximum absolute atomic E-state index is 13.0. The fourth-order valence-corrected chi connectivity index (χ4v) is 4.46. The number of rotatable bonds is 5. The van der Waals surface area contributed by atoms with Gasteiger partial charge in [0.1, 0.15) is 0 Å². The molecule has 1 aromatic heterocycles. The largest absolute Gasteiger partial charge is 0.292 e. The number of nitrogens with zero attached hydrogens (tertiary/aromatic N) is 2. The van der Waals surface area contributed by atoms with Crippen molar-refractivity contribution in [3.8, 4) is 0 Å². The summed E-state index contributed by atoms with van der Waals surface area (Å²) in [4.78, 5) is 43.8. The number of aromatic nitrogens is 1. The molecular weight excluding hydrogens is 537 g/mol. The van der Waals surface area contributed by atoms with E-state index in [0.717, 1.165) is 21.1 Å². The molecule has 150 valence electrons. The Hall–Kier alpha value is -2.43. The number of hydrogen-bond donors (Lipinski definition) is 1. The summed E-state index contributed by atoms with van der Waals surface area (Å²) >= 11 is 8.98. The monoisotopic (exact) mass is 549 g/mol. The van der Waals surface area contributed by atoms with Crippen molar-refractivity contribution in [2.75, 3.05) is 0 Å². The van der Waals surface area contributed by atoms with Crippen LogP contribution in [0, 0.1) is 3.57 Å². The summed E-state index contributed by atoms with van der Waals surface area (Å²) in [6, 6.07) is 14.0. The Kier molecular flexibility index (Phi) is 6.07. The van der Waals surface area contributed by atoms with Crippen molar-refractivity contribution in [3.05, 3.63) is 91.8 Å². The summed E-state index contributed by atoms with van der Waals surface area (Å²) in [6.45, 7) is 0.171. The van der Waals surface area contributed by atoms with E-state index >= 15 is 0 Å². The molecule has 30 heavy (non-hydrogen) atoms. The minimum absolute atomic E-state index is 0.171. The van der Waals surface area contributed by atoms with Crippen LogP contribution in [-0.4, -0.2) is 27.6 Å². The third-order valence-electron chi connectivity index (χ3n) is 4.44. The van der Waals surface area contributed by atoms with E-state index in [1.165, 1.54) is 17.3 Å². The second-order valence-corrected chi connectivity index (χ2v) is 8.96. The Bertz CT molecular complexity index is 1170. The second-order valence-electron chi connectivity index (χ2n) is 6.43. The van der Waals surface area contributed by atoms with Crippen molar-refractivity contribution >= 4 is 63.9 Å². The molecule has 0 saturated heterocycles. The first-order valence-electron chi connectivity index (χ1n) is 8.75. The van der Waals surface area contributed by atoms with Gasteiger partial charge in [-0.05, 0) is 76.5 Å². The van der Waals surface area contributed by atoms with Crippen LogP contribution in [0.2, 0.25) is 5.02 Å². The van der Waals surface area contributed by atoms with Crippen molar-refractivity contribution in [1.82, 2.24) is 14.6 Å². The Balaban J connectivity index is 1.54. The van der Waals surface area contributed by atoms with E-state index in [2.05, 4.69) is 32.3 Å². The van der Waals surface area contributed by atoms with Gasteiger partial charge < -0.3 is 0 Å². The normalized spacial score (nSPS) is 12.8. The highest BCUT2D eigenvalue weighted by Gasteiger charge is 2.38. The van der Waals surface area contributed by atoms with Crippen LogP contribution in [0.5, 0.6) is 0 Å². The number of halogens is 2. The number of amides is 3. The Morgan fingerprint density at radius 3 is 2.60 bits per heavy atom. The van der Waals surface area contributed by atoms with Gasteiger partial charge in [-0.15, -0.1) is 0 Å². The molecule has 1 aliphatic heterocycles. The van der Waals surface area contributed by atoms with Gasteiger partial charge in [-0.2, -0.15) is 0 Å². The molecule has 1 N–H and O–H groups in total. The number of benzene rings is 2. The highest BCUT2D eigenvalue weighted by atomic mass is 127. The van der Waals surface area contributed by atoms with Crippen molar-refractivity contribution < 1.29 is 14.4 Å². The fraction of sp³-hybridized carbons (Fsp3) is 0.0476. The van der Waals surface area contributed by atoms with Gasteiger partial charge in [0, 0.05) is 26.5 Å². The van der Waals surface area contributed by atoms with Crippen LogP contribution in [0.3, 0.4) is 0 Å². The molecule has 4 rings (SSSR count). The van der Waals surface area contributed by atoms with Crippen LogP contribution in [0.15, 0.2) is 65.8 Å². The molecule has 0 bridgehead atoms. The molecule has 0 spiro atoms. The molecule has 3 aromatic rings. The number of pyridine rings is 1. The minimum atomic E-state index is -0.403. The zero-order valence-corrected chi connectivity index (χ0v) is 19.0. The number of carbonyl (C=O) groups excluding carboxylic acids is 3. The number of carbonyl (C=O) groups is 3. The summed E-state index contributed by atoms with van der Waals surface area (Å²) in [5, 5.41) is 0.529. The number of imide groups is 1. The summed E-state index contributed by atoms with van der Waals surface area (Å²) < 4.78 is 3.70. The van der Waals surface area contributed by atoms with Crippen LogP contribution in [0.1, 0.15) is 36.6 Å². The zero-order valence-electron chi connectivity index (χ0n) is 15.3. The van der Waals surface area contributed by atoms with Crippen LogP contribution < -0.4 is 4.72 Å². The molecule has 0 fully saturated rings. The SMILES string of the molecule is O=C(NSc1cncc2c1C(=O)N(Cc1cccc(I)c1)C2=O)c1ccc(Cl)cc1. The lowest BCUT2D eigenvalue weighted by molar-refractivity contribution is 0.0640. The molecule has 0 aliphatic carbocycles. The quantitative estimate of drug-likeness (QED) is 0.287. The topological polar surface area (TPSA) is 79.4 Å². The Morgan fingerprint density at radius 2 is 1.87 bits per heavy atom. The molecule has 0 radical (unpaired) electrons. The molecule has 0 unspecified atom stereocenters. The molecule has 0 saturated carbocycles.